The molecule has 1 aromatic heterocycles. The van der Waals surface area contributed by atoms with Crippen molar-refractivity contribution in [3.63, 3.8) is 0 Å². The molecular weight excluding hydrogens is 344 g/mol. The molecule has 1 aliphatic rings. The number of aryl methyl sites for hydroxylation is 1. The van der Waals surface area contributed by atoms with Crippen LogP contribution in [0.3, 0.4) is 0 Å². The number of nitrogens with one attached hydrogen (secondary N) is 1. The number of hydrogen-bond acceptors (Lipinski definition) is 8. The van der Waals surface area contributed by atoms with Crippen LogP contribution in [0.25, 0.3) is 0 Å². The molecule has 24 heavy (non-hydrogen) atoms. The van der Waals surface area contributed by atoms with E-state index >= 15 is 0 Å². The summed E-state index contributed by atoms with van der Waals surface area (Å²) in [5, 5.41) is 8.20. The van der Waals surface area contributed by atoms with Gasteiger partial charge in [0.15, 0.2) is 9.84 Å². The van der Waals surface area contributed by atoms with Gasteiger partial charge in [-0.15, -0.1) is 0 Å². The van der Waals surface area contributed by atoms with E-state index in [9.17, 15) is 27.9 Å². The number of aliphatic hydroxyl groups excluding tert-OH is 1. The molecule has 0 aliphatic carbocycles. The van der Waals surface area contributed by atoms with Crippen molar-refractivity contribution < 1.29 is 27.8 Å². The maximum Gasteiger partial charge on any atom is 0.330 e. The monoisotopic (exact) mass is 362 g/mol. The number of ether oxygens (including phenoxy) is 2. The van der Waals surface area contributed by atoms with Crippen LogP contribution < -0.4 is 11.2 Å². The van der Waals surface area contributed by atoms with E-state index in [4.69, 9.17) is 4.74 Å². The van der Waals surface area contributed by atoms with E-state index in [1.165, 1.54) is 13.1 Å². The molecule has 1 saturated heterocycles. The molecular formula is C13H18N2O8S. The van der Waals surface area contributed by atoms with Crippen LogP contribution in [0.1, 0.15) is 18.2 Å². The van der Waals surface area contributed by atoms with Gasteiger partial charge in [0.05, 0.1) is 19.0 Å². The van der Waals surface area contributed by atoms with Crippen LogP contribution in [0.2, 0.25) is 0 Å². The first kappa shape index (κ1) is 18.4. The van der Waals surface area contributed by atoms with Crippen LogP contribution in [0, 0.1) is 6.92 Å². The van der Waals surface area contributed by atoms with Crippen molar-refractivity contribution in [2.45, 2.75) is 30.9 Å². The van der Waals surface area contributed by atoms with Gasteiger partial charge < -0.3 is 14.6 Å². The molecule has 134 valence electrons. The Balaban J connectivity index is 2.33. The minimum atomic E-state index is -3.95. The van der Waals surface area contributed by atoms with Gasteiger partial charge in [-0.1, -0.05) is 0 Å². The molecule has 0 unspecified atom stereocenters. The molecule has 0 amide bonds. The second kappa shape index (κ2) is 6.87. The van der Waals surface area contributed by atoms with Crippen molar-refractivity contribution in [2.24, 2.45) is 0 Å². The summed E-state index contributed by atoms with van der Waals surface area (Å²) in [6.45, 7) is 0.886. The summed E-state index contributed by atoms with van der Waals surface area (Å²) in [4.78, 5) is 36.7. The SMILES string of the molecule is COC(=O)CS(=O)(=O)[C@H]1C[C@H](n2cc(C)c(=O)[nH]c2=O)O[C@@H]1CO. The predicted molar refractivity (Wildman–Crippen MR) is 81.3 cm³/mol. The lowest BCUT2D eigenvalue weighted by molar-refractivity contribution is -0.137. The van der Waals surface area contributed by atoms with Gasteiger partial charge in [-0.05, 0) is 6.92 Å². The molecule has 2 heterocycles. The van der Waals surface area contributed by atoms with Crippen LogP contribution in [-0.4, -0.2) is 59.9 Å². The minimum Gasteiger partial charge on any atom is -0.468 e. The molecule has 2 N–H and O–H groups in total. The van der Waals surface area contributed by atoms with Crippen molar-refractivity contribution in [3.8, 4) is 0 Å². The first-order chi connectivity index (χ1) is 11.2. The van der Waals surface area contributed by atoms with Crippen LogP contribution in [0.4, 0.5) is 0 Å². The van der Waals surface area contributed by atoms with Crippen molar-refractivity contribution in [3.05, 3.63) is 32.6 Å². The zero-order valence-electron chi connectivity index (χ0n) is 13.1. The van der Waals surface area contributed by atoms with Gasteiger partial charge in [-0.2, -0.15) is 0 Å². The van der Waals surface area contributed by atoms with Gasteiger partial charge in [0.25, 0.3) is 5.56 Å². The van der Waals surface area contributed by atoms with E-state index in [0.29, 0.717) is 0 Å². The first-order valence-electron chi connectivity index (χ1n) is 7.06. The fraction of sp³-hybridized carbons (Fsp3) is 0.615. The van der Waals surface area contributed by atoms with Crippen LogP contribution in [-0.2, 0) is 24.1 Å². The predicted octanol–water partition coefficient (Wildman–Crippen LogP) is -1.92. The zero-order chi connectivity index (χ0) is 18.1. The van der Waals surface area contributed by atoms with Gasteiger partial charge in [-0.3, -0.25) is 19.1 Å². The molecule has 1 fully saturated rings. The number of aliphatic hydroxyl groups is 1. The van der Waals surface area contributed by atoms with E-state index < -0.39 is 57.0 Å². The zero-order valence-corrected chi connectivity index (χ0v) is 13.9. The number of aromatic nitrogens is 2. The second-order valence-electron chi connectivity index (χ2n) is 5.45. The number of aromatic amines is 1. The summed E-state index contributed by atoms with van der Waals surface area (Å²) in [5.74, 6) is -1.77. The topological polar surface area (TPSA) is 145 Å². The summed E-state index contributed by atoms with van der Waals surface area (Å²) in [7, 11) is -2.88. The molecule has 10 nitrogen and oxygen atoms in total. The van der Waals surface area contributed by atoms with Crippen LogP contribution >= 0.6 is 0 Å². The largest absolute Gasteiger partial charge is 0.468 e. The number of methoxy groups -OCH3 is 1. The quantitative estimate of drug-likeness (QED) is 0.577. The van der Waals surface area contributed by atoms with E-state index in [1.807, 2.05) is 0 Å². The van der Waals surface area contributed by atoms with E-state index in [2.05, 4.69) is 9.72 Å². The summed E-state index contributed by atoms with van der Waals surface area (Å²) in [5.41, 5.74) is -1.05. The molecule has 0 aromatic carbocycles. The van der Waals surface area contributed by atoms with Crippen LogP contribution in [0.5, 0.6) is 0 Å². The normalized spacial score (nSPS) is 24.0. The lowest BCUT2D eigenvalue weighted by atomic mass is 10.2. The number of sulfone groups is 1. The van der Waals surface area contributed by atoms with Crippen LogP contribution in [0.15, 0.2) is 15.8 Å². The number of carbonyl (C=O) groups is 1. The summed E-state index contributed by atoms with van der Waals surface area (Å²) >= 11 is 0. The molecule has 2 rings (SSSR count). The van der Waals surface area contributed by atoms with Gasteiger partial charge >= 0.3 is 11.7 Å². The van der Waals surface area contributed by atoms with E-state index in [0.717, 1.165) is 11.7 Å². The highest BCUT2D eigenvalue weighted by atomic mass is 32.2. The maximum atomic E-state index is 12.3. The maximum absolute atomic E-state index is 12.3. The Hall–Kier alpha value is -1.98. The average molecular weight is 362 g/mol. The molecule has 0 saturated carbocycles. The van der Waals surface area contributed by atoms with Crippen molar-refractivity contribution in [2.75, 3.05) is 19.5 Å². The van der Waals surface area contributed by atoms with Gasteiger partial charge in [-0.25, -0.2) is 13.2 Å². The Bertz CT molecular complexity index is 840. The first-order valence-corrected chi connectivity index (χ1v) is 8.78. The molecule has 1 aromatic rings. The highest BCUT2D eigenvalue weighted by Gasteiger charge is 2.44. The minimum absolute atomic E-state index is 0.143. The third-order valence-corrected chi connectivity index (χ3v) is 5.88. The molecule has 0 bridgehead atoms. The number of esters is 1. The molecule has 0 radical (unpaired) electrons. The third kappa shape index (κ3) is 3.57. The summed E-state index contributed by atoms with van der Waals surface area (Å²) in [6, 6.07) is 0. The summed E-state index contributed by atoms with van der Waals surface area (Å²) < 4.78 is 35.5. The highest BCUT2D eigenvalue weighted by molar-refractivity contribution is 7.92. The van der Waals surface area contributed by atoms with Gasteiger partial charge in [0.1, 0.15) is 18.1 Å². The van der Waals surface area contributed by atoms with Crippen molar-refractivity contribution in [1.82, 2.24) is 9.55 Å². The fourth-order valence-electron chi connectivity index (χ4n) is 2.54. The Kier molecular flexibility index (Phi) is 5.26. The molecule has 3 atom stereocenters. The standard InChI is InChI=1S/C13H18N2O8S/c1-7-4-15(13(19)14-12(7)18)10-3-9(8(5-16)23-10)24(20,21)6-11(17)22-2/h4,8-10,16H,3,5-6H2,1-2H3,(H,14,18,19)/t8-,9+,10-/m1/s1. The average Bonchev–Trinajstić information content (AvgIpc) is 2.95. The highest BCUT2D eigenvalue weighted by Crippen LogP contribution is 2.32. The lowest BCUT2D eigenvalue weighted by Gasteiger charge is -2.15. The van der Waals surface area contributed by atoms with E-state index in [-0.39, 0.29) is 12.0 Å². The van der Waals surface area contributed by atoms with Gasteiger partial charge in [0, 0.05) is 18.2 Å². The Morgan fingerprint density at radius 3 is 2.75 bits per heavy atom. The molecule has 1 aliphatic heterocycles. The number of H-pyrrole nitrogens is 1. The van der Waals surface area contributed by atoms with Crippen molar-refractivity contribution in [1.29, 1.82) is 0 Å². The number of nitrogens with zero attached hydrogens (tertiary/aromatic N) is 1. The smallest absolute Gasteiger partial charge is 0.330 e. The number of rotatable bonds is 5. The Labute approximate surface area is 136 Å². The number of hydrogen-bond donors (Lipinski definition) is 2. The lowest BCUT2D eigenvalue weighted by Crippen LogP contribution is -2.36. The Morgan fingerprint density at radius 1 is 1.50 bits per heavy atom. The fourth-order valence-corrected chi connectivity index (χ4v) is 4.27. The molecule has 0 spiro atoms. The van der Waals surface area contributed by atoms with Crippen molar-refractivity contribution >= 4 is 15.8 Å². The molecule has 11 heteroatoms. The second-order valence-corrected chi connectivity index (χ2v) is 7.67. The summed E-state index contributed by atoms with van der Waals surface area (Å²) in [6.07, 6.45) is -0.961. The number of carbonyl (C=O) groups excluding carboxylic acids is 1. The third-order valence-electron chi connectivity index (χ3n) is 3.82. The Morgan fingerprint density at radius 2 is 2.17 bits per heavy atom. The van der Waals surface area contributed by atoms with Gasteiger partial charge in [0.2, 0.25) is 0 Å². The van der Waals surface area contributed by atoms with E-state index in [1.54, 1.807) is 0 Å².